The maximum absolute atomic E-state index is 14.9. The molecule has 0 spiro atoms. The number of benzene rings is 3. The van der Waals surface area contributed by atoms with Crippen molar-refractivity contribution >= 4 is 22.5 Å². The van der Waals surface area contributed by atoms with Gasteiger partial charge >= 0.3 is 0 Å². The first kappa shape index (κ1) is 22.7. The summed E-state index contributed by atoms with van der Waals surface area (Å²) in [5.74, 6) is -0.358. The van der Waals surface area contributed by atoms with Crippen LogP contribution in [0.5, 0.6) is 17.2 Å². The van der Waals surface area contributed by atoms with Gasteiger partial charge in [-0.25, -0.2) is 4.39 Å². The molecule has 0 aliphatic heterocycles. The van der Waals surface area contributed by atoms with Crippen LogP contribution in [-0.4, -0.2) is 27.8 Å². The Morgan fingerprint density at radius 2 is 1.78 bits per heavy atom. The van der Waals surface area contributed by atoms with Crippen molar-refractivity contribution in [2.75, 3.05) is 12.4 Å². The monoisotopic (exact) mass is 482 g/mol. The van der Waals surface area contributed by atoms with Crippen LogP contribution >= 0.6 is 0 Å². The predicted molar refractivity (Wildman–Crippen MR) is 133 cm³/mol. The third-order valence-electron chi connectivity index (χ3n) is 5.41. The number of nitrogens with one attached hydrogen (secondary N) is 1. The van der Waals surface area contributed by atoms with Crippen LogP contribution in [0.25, 0.3) is 16.6 Å². The first-order valence-corrected chi connectivity index (χ1v) is 10.9. The Morgan fingerprint density at radius 1 is 0.944 bits per heavy atom. The molecule has 178 valence electrons. The lowest BCUT2D eigenvalue weighted by Gasteiger charge is -2.12. The maximum Gasteiger partial charge on any atom is 0.284 e. The molecule has 0 unspecified atom stereocenters. The van der Waals surface area contributed by atoms with Crippen molar-refractivity contribution in [2.24, 2.45) is 0 Å². The van der Waals surface area contributed by atoms with Crippen molar-refractivity contribution in [2.45, 2.75) is 0 Å². The number of nitrogens with zero attached hydrogens (tertiary/aromatic N) is 3. The quantitative estimate of drug-likeness (QED) is 0.367. The molecule has 0 saturated carbocycles. The summed E-state index contributed by atoms with van der Waals surface area (Å²) in [6, 6.07) is 21.0. The second-order valence-corrected chi connectivity index (χ2v) is 7.69. The molecule has 3 aromatic carbocycles. The Hall–Kier alpha value is -5.05. The first-order chi connectivity index (χ1) is 17.5. The number of carbonyl (C=O) groups is 1. The van der Waals surface area contributed by atoms with Crippen LogP contribution in [0, 0.1) is 5.82 Å². The van der Waals surface area contributed by atoms with E-state index in [1.165, 1.54) is 24.4 Å². The molecule has 0 aliphatic rings. The van der Waals surface area contributed by atoms with E-state index in [2.05, 4.69) is 15.4 Å². The van der Waals surface area contributed by atoms with Crippen LogP contribution in [0.1, 0.15) is 10.4 Å². The molecule has 1 N–H and O–H groups in total. The molecule has 9 heteroatoms. The molecule has 5 rings (SSSR count). The molecule has 36 heavy (non-hydrogen) atoms. The van der Waals surface area contributed by atoms with E-state index in [-0.39, 0.29) is 17.0 Å². The van der Waals surface area contributed by atoms with Gasteiger partial charge in [0.1, 0.15) is 17.1 Å². The smallest absolute Gasteiger partial charge is 0.284 e. The van der Waals surface area contributed by atoms with Crippen molar-refractivity contribution in [3.8, 4) is 22.9 Å². The predicted octanol–water partition coefficient (Wildman–Crippen LogP) is 4.97. The lowest BCUT2D eigenvalue weighted by atomic mass is 10.2. The van der Waals surface area contributed by atoms with Crippen LogP contribution < -0.4 is 20.3 Å². The summed E-state index contributed by atoms with van der Waals surface area (Å²) in [5.41, 5.74) is 0.592. The van der Waals surface area contributed by atoms with Crippen LogP contribution in [0.15, 0.2) is 96.1 Å². The molecular formula is C27H19FN4O4. The van der Waals surface area contributed by atoms with E-state index in [0.29, 0.717) is 28.1 Å². The summed E-state index contributed by atoms with van der Waals surface area (Å²) < 4.78 is 27.0. The highest BCUT2D eigenvalue weighted by Crippen LogP contribution is 2.32. The SMILES string of the molecule is COc1ccc2c(Oc3ccc(NC(=O)c4ccnn(-c5ccccc5)c4=O)cc3F)ccnc2c1. The summed E-state index contributed by atoms with van der Waals surface area (Å²) in [6.45, 7) is 0. The number of anilines is 1. The normalized spacial score (nSPS) is 10.7. The number of ether oxygens (including phenoxy) is 2. The Labute approximate surface area is 204 Å². The molecule has 2 aromatic heterocycles. The van der Waals surface area contributed by atoms with Gasteiger partial charge in [0.2, 0.25) is 0 Å². The van der Waals surface area contributed by atoms with Crippen molar-refractivity contribution in [3.05, 3.63) is 113 Å². The van der Waals surface area contributed by atoms with Gasteiger partial charge in [-0.2, -0.15) is 9.78 Å². The molecule has 0 saturated heterocycles. The Bertz CT molecular complexity index is 1640. The summed E-state index contributed by atoms with van der Waals surface area (Å²) in [7, 11) is 1.56. The van der Waals surface area contributed by atoms with Gasteiger partial charge in [-0.1, -0.05) is 18.2 Å². The van der Waals surface area contributed by atoms with Gasteiger partial charge < -0.3 is 14.8 Å². The average Bonchev–Trinajstić information content (AvgIpc) is 2.90. The van der Waals surface area contributed by atoms with E-state index in [9.17, 15) is 14.0 Å². The number of para-hydroxylation sites is 1. The number of pyridine rings is 1. The zero-order chi connectivity index (χ0) is 25.1. The molecule has 0 aliphatic carbocycles. The number of halogens is 1. The molecule has 5 aromatic rings. The standard InChI is InChI=1S/C27H19FN4O4/c1-35-19-8-9-20-23(16-19)29-13-12-24(20)36-25-10-7-17(15-22(25)28)31-26(33)21-11-14-30-32(27(21)34)18-5-3-2-4-6-18/h2-16H,1H3,(H,31,33). The van der Waals surface area contributed by atoms with Crippen LogP contribution in [0.2, 0.25) is 0 Å². The van der Waals surface area contributed by atoms with Gasteiger partial charge in [-0.15, -0.1) is 0 Å². The Morgan fingerprint density at radius 3 is 2.56 bits per heavy atom. The van der Waals surface area contributed by atoms with Crippen LogP contribution in [-0.2, 0) is 0 Å². The molecule has 0 fully saturated rings. The molecule has 0 bridgehead atoms. The molecule has 2 heterocycles. The van der Waals surface area contributed by atoms with Crippen molar-refractivity contribution in [3.63, 3.8) is 0 Å². The lowest BCUT2D eigenvalue weighted by Crippen LogP contribution is -2.29. The summed E-state index contributed by atoms with van der Waals surface area (Å²) in [6.07, 6.45) is 2.91. The van der Waals surface area contributed by atoms with E-state index in [1.807, 2.05) is 0 Å². The first-order valence-electron chi connectivity index (χ1n) is 10.9. The van der Waals surface area contributed by atoms with Crippen LogP contribution in [0.4, 0.5) is 10.1 Å². The van der Waals surface area contributed by atoms with E-state index in [0.717, 1.165) is 10.7 Å². The van der Waals surface area contributed by atoms with Crippen molar-refractivity contribution in [1.29, 1.82) is 0 Å². The highest BCUT2D eigenvalue weighted by molar-refractivity contribution is 6.04. The number of aromatic nitrogens is 3. The van der Waals surface area contributed by atoms with E-state index in [4.69, 9.17) is 9.47 Å². The van der Waals surface area contributed by atoms with Gasteiger partial charge in [0.15, 0.2) is 11.6 Å². The van der Waals surface area contributed by atoms with Crippen molar-refractivity contribution < 1.29 is 18.7 Å². The number of amides is 1. The highest BCUT2D eigenvalue weighted by Gasteiger charge is 2.16. The zero-order valence-electron chi connectivity index (χ0n) is 19.0. The topological polar surface area (TPSA) is 95.3 Å². The Balaban J connectivity index is 1.37. The number of fused-ring (bicyclic) bond motifs is 1. The summed E-state index contributed by atoms with van der Waals surface area (Å²) in [5, 5.41) is 7.27. The number of hydrogen-bond acceptors (Lipinski definition) is 6. The van der Waals surface area contributed by atoms with Gasteiger partial charge in [0.05, 0.1) is 18.3 Å². The number of rotatable bonds is 6. The van der Waals surface area contributed by atoms with Gasteiger partial charge in [0, 0.05) is 35.6 Å². The van der Waals surface area contributed by atoms with Gasteiger partial charge in [0.25, 0.3) is 11.5 Å². The van der Waals surface area contributed by atoms with E-state index >= 15 is 0 Å². The largest absolute Gasteiger partial charge is 0.497 e. The zero-order valence-corrected chi connectivity index (χ0v) is 19.0. The maximum atomic E-state index is 14.9. The third kappa shape index (κ3) is 4.49. The number of hydrogen-bond donors (Lipinski definition) is 1. The van der Waals surface area contributed by atoms with Crippen LogP contribution in [0.3, 0.4) is 0 Å². The molecule has 0 radical (unpaired) electrons. The lowest BCUT2D eigenvalue weighted by molar-refractivity contribution is 0.102. The number of methoxy groups -OCH3 is 1. The molecule has 8 nitrogen and oxygen atoms in total. The van der Waals surface area contributed by atoms with Gasteiger partial charge in [-0.05, 0) is 48.5 Å². The minimum absolute atomic E-state index is 0.0355. The second-order valence-electron chi connectivity index (χ2n) is 7.69. The second kappa shape index (κ2) is 9.67. The molecule has 1 amide bonds. The minimum atomic E-state index is -0.692. The fraction of sp³-hybridized carbons (Fsp3) is 0.0370. The molecular weight excluding hydrogens is 463 g/mol. The average molecular weight is 482 g/mol. The number of carbonyl (C=O) groups excluding carboxylic acids is 1. The molecule has 0 atom stereocenters. The fourth-order valence-corrected chi connectivity index (χ4v) is 3.63. The Kier molecular flexibility index (Phi) is 6.10. The summed E-state index contributed by atoms with van der Waals surface area (Å²) in [4.78, 5) is 29.9. The van der Waals surface area contributed by atoms with E-state index in [1.54, 1.807) is 67.9 Å². The fourth-order valence-electron chi connectivity index (χ4n) is 3.63. The van der Waals surface area contributed by atoms with Crippen molar-refractivity contribution in [1.82, 2.24) is 14.8 Å². The highest BCUT2D eigenvalue weighted by atomic mass is 19.1. The van der Waals surface area contributed by atoms with E-state index < -0.39 is 17.3 Å². The summed E-state index contributed by atoms with van der Waals surface area (Å²) >= 11 is 0. The third-order valence-corrected chi connectivity index (χ3v) is 5.41. The minimum Gasteiger partial charge on any atom is -0.497 e. The van der Waals surface area contributed by atoms with Gasteiger partial charge in [-0.3, -0.25) is 14.6 Å².